The van der Waals surface area contributed by atoms with Crippen molar-refractivity contribution in [1.82, 2.24) is 0 Å². The summed E-state index contributed by atoms with van der Waals surface area (Å²) in [6.07, 6.45) is 0. The summed E-state index contributed by atoms with van der Waals surface area (Å²) in [6, 6.07) is 12.6. The van der Waals surface area contributed by atoms with E-state index in [1.807, 2.05) is 30.3 Å². The third-order valence-electron chi connectivity index (χ3n) is 2.41. The Balaban J connectivity index is 2.27. The molecule has 0 fully saturated rings. The lowest BCUT2D eigenvalue weighted by Crippen LogP contribution is -2.00. The predicted molar refractivity (Wildman–Crippen MR) is 79.3 cm³/mol. The van der Waals surface area contributed by atoms with Crippen molar-refractivity contribution in [3.63, 3.8) is 0 Å². The molecule has 0 aliphatic heterocycles. The highest BCUT2D eigenvalue weighted by Crippen LogP contribution is 2.38. The highest BCUT2D eigenvalue weighted by Gasteiger charge is 2.19. The summed E-state index contributed by atoms with van der Waals surface area (Å²) >= 11 is 6.50. The van der Waals surface area contributed by atoms with E-state index in [1.54, 1.807) is 6.07 Å². The summed E-state index contributed by atoms with van der Waals surface area (Å²) < 4.78 is 6.73. The number of hydrogen-bond donors (Lipinski definition) is 0. The van der Waals surface area contributed by atoms with Gasteiger partial charge in [-0.25, -0.2) is 0 Å². The lowest BCUT2D eigenvalue weighted by Gasteiger charge is -2.09. The maximum atomic E-state index is 11.0. The Bertz CT molecular complexity index is 602. The van der Waals surface area contributed by atoms with Gasteiger partial charge in [0.05, 0.1) is 9.40 Å². The van der Waals surface area contributed by atoms with Gasteiger partial charge in [-0.2, -0.15) is 0 Å². The number of rotatable bonds is 4. The first-order chi connectivity index (χ1) is 9.08. The molecule has 0 aliphatic carbocycles. The molecule has 0 N–H and O–H groups in total. The first-order valence-corrected chi connectivity index (χ1v) is 6.96. The van der Waals surface area contributed by atoms with Crippen molar-refractivity contribution in [1.29, 1.82) is 0 Å². The molecule has 2 aromatic rings. The van der Waals surface area contributed by atoms with Crippen LogP contribution < -0.4 is 4.74 Å². The van der Waals surface area contributed by atoms with Crippen LogP contribution in [0.5, 0.6) is 5.75 Å². The second-order valence-electron chi connectivity index (χ2n) is 3.77. The number of nitro benzene ring substituents is 1. The molecular formula is C13H9Br2NO3. The van der Waals surface area contributed by atoms with E-state index in [9.17, 15) is 10.1 Å². The van der Waals surface area contributed by atoms with Gasteiger partial charge in [0.15, 0.2) is 0 Å². The third kappa shape index (κ3) is 3.54. The number of halogens is 2. The van der Waals surface area contributed by atoms with E-state index in [0.717, 1.165) is 5.56 Å². The first-order valence-electron chi connectivity index (χ1n) is 5.38. The molecule has 0 heterocycles. The molecule has 0 bridgehead atoms. The van der Waals surface area contributed by atoms with E-state index >= 15 is 0 Å². The Morgan fingerprint density at radius 2 is 1.84 bits per heavy atom. The van der Waals surface area contributed by atoms with Gasteiger partial charge in [0, 0.05) is 10.5 Å². The van der Waals surface area contributed by atoms with E-state index in [2.05, 4.69) is 31.9 Å². The van der Waals surface area contributed by atoms with Gasteiger partial charge in [0.2, 0.25) is 5.75 Å². The molecular weight excluding hydrogens is 378 g/mol. The normalized spacial score (nSPS) is 10.2. The highest BCUT2D eigenvalue weighted by atomic mass is 79.9. The van der Waals surface area contributed by atoms with Crippen molar-refractivity contribution in [3.05, 3.63) is 67.1 Å². The SMILES string of the molecule is O=[N+]([O-])c1cc(Br)cc(Br)c1OCc1ccccc1. The average Bonchev–Trinajstić information content (AvgIpc) is 2.38. The molecule has 0 atom stereocenters. The molecule has 6 heteroatoms. The van der Waals surface area contributed by atoms with Crippen molar-refractivity contribution in [3.8, 4) is 5.75 Å². The van der Waals surface area contributed by atoms with Gasteiger partial charge in [-0.3, -0.25) is 10.1 Å². The third-order valence-corrected chi connectivity index (χ3v) is 3.46. The van der Waals surface area contributed by atoms with E-state index in [0.29, 0.717) is 8.95 Å². The van der Waals surface area contributed by atoms with Crippen molar-refractivity contribution in [2.75, 3.05) is 0 Å². The molecule has 2 aromatic carbocycles. The van der Waals surface area contributed by atoms with Gasteiger partial charge in [0.25, 0.3) is 0 Å². The number of benzene rings is 2. The van der Waals surface area contributed by atoms with Crippen LogP contribution in [0.15, 0.2) is 51.4 Å². The number of nitro groups is 1. The van der Waals surface area contributed by atoms with Crippen LogP contribution in [-0.4, -0.2) is 4.92 Å². The van der Waals surface area contributed by atoms with Crippen LogP contribution in [0.2, 0.25) is 0 Å². The molecule has 19 heavy (non-hydrogen) atoms. The molecule has 2 rings (SSSR count). The summed E-state index contributed by atoms with van der Waals surface area (Å²) in [4.78, 5) is 10.6. The maximum Gasteiger partial charge on any atom is 0.313 e. The molecule has 0 saturated carbocycles. The second kappa shape index (κ2) is 6.16. The van der Waals surface area contributed by atoms with Crippen molar-refractivity contribution < 1.29 is 9.66 Å². The molecule has 0 radical (unpaired) electrons. The Morgan fingerprint density at radius 1 is 1.16 bits per heavy atom. The minimum absolute atomic E-state index is 0.0721. The Morgan fingerprint density at radius 3 is 2.47 bits per heavy atom. The van der Waals surface area contributed by atoms with Crippen LogP contribution in [0.3, 0.4) is 0 Å². The summed E-state index contributed by atoms with van der Waals surface area (Å²) in [5.74, 6) is 0.233. The monoisotopic (exact) mass is 385 g/mol. The molecule has 98 valence electrons. The fraction of sp³-hybridized carbons (Fsp3) is 0.0769. The fourth-order valence-corrected chi connectivity index (χ4v) is 2.87. The predicted octanol–water partition coefficient (Wildman–Crippen LogP) is 4.70. The van der Waals surface area contributed by atoms with E-state index in [-0.39, 0.29) is 18.0 Å². The topological polar surface area (TPSA) is 52.4 Å². The zero-order valence-electron chi connectivity index (χ0n) is 9.68. The van der Waals surface area contributed by atoms with Crippen LogP contribution >= 0.6 is 31.9 Å². The first kappa shape index (κ1) is 14.0. The van der Waals surface area contributed by atoms with Crippen molar-refractivity contribution in [2.24, 2.45) is 0 Å². The Hall–Kier alpha value is -1.40. The Labute approximate surface area is 126 Å². The van der Waals surface area contributed by atoms with E-state index < -0.39 is 4.92 Å². The van der Waals surface area contributed by atoms with Gasteiger partial charge in [0.1, 0.15) is 6.61 Å². The van der Waals surface area contributed by atoms with Crippen LogP contribution in [0.1, 0.15) is 5.56 Å². The van der Waals surface area contributed by atoms with Crippen LogP contribution in [0.4, 0.5) is 5.69 Å². The smallest absolute Gasteiger partial charge is 0.313 e. The lowest BCUT2D eigenvalue weighted by molar-refractivity contribution is -0.386. The summed E-state index contributed by atoms with van der Waals surface area (Å²) in [5.41, 5.74) is 0.879. The fourth-order valence-electron chi connectivity index (χ4n) is 1.56. The molecule has 4 nitrogen and oxygen atoms in total. The molecule has 0 saturated heterocycles. The van der Waals surface area contributed by atoms with E-state index in [1.165, 1.54) is 6.07 Å². The number of ether oxygens (including phenoxy) is 1. The van der Waals surface area contributed by atoms with Crippen LogP contribution in [-0.2, 0) is 6.61 Å². The van der Waals surface area contributed by atoms with Crippen molar-refractivity contribution >= 4 is 37.5 Å². The maximum absolute atomic E-state index is 11.0. The molecule has 0 aromatic heterocycles. The van der Waals surface area contributed by atoms with E-state index in [4.69, 9.17) is 4.74 Å². The largest absolute Gasteiger partial charge is 0.481 e. The number of nitrogens with zero attached hydrogens (tertiary/aromatic N) is 1. The minimum Gasteiger partial charge on any atom is -0.481 e. The van der Waals surface area contributed by atoms with Crippen LogP contribution in [0.25, 0.3) is 0 Å². The summed E-state index contributed by atoms with van der Waals surface area (Å²) in [7, 11) is 0. The number of hydrogen-bond acceptors (Lipinski definition) is 3. The van der Waals surface area contributed by atoms with Crippen LogP contribution in [0, 0.1) is 10.1 Å². The summed E-state index contributed by atoms with van der Waals surface area (Å²) in [6.45, 7) is 0.280. The molecule has 0 aliphatic rings. The Kier molecular flexibility index (Phi) is 4.55. The molecule has 0 spiro atoms. The zero-order valence-corrected chi connectivity index (χ0v) is 12.8. The quantitative estimate of drug-likeness (QED) is 0.565. The van der Waals surface area contributed by atoms with Gasteiger partial charge in [-0.15, -0.1) is 0 Å². The zero-order chi connectivity index (χ0) is 13.8. The lowest BCUT2D eigenvalue weighted by atomic mass is 10.2. The molecule has 0 unspecified atom stereocenters. The standard InChI is InChI=1S/C13H9Br2NO3/c14-10-6-11(15)13(12(7-10)16(17)18)19-8-9-4-2-1-3-5-9/h1-7H,8H2. The second-order valence-corrected chi connectivity index (χ2v) is 5.54. The van der Waals surface area contributed by atoms with Gasteiger partial charge < -0.3 is 4.74 Å². The minimum atomic E-state index is -0.462. The van der Waals surface area contributed by atoms with Gasteiger partial charge in [-0.1, -0.05) is 46.3 Å². The summed E-state index contributed by atoms with van der Waals surface area (Å²) in [5, 5.41) is 11.0. The van der Waals surface area contributed by atoms with Crippen molar-refractivity contribution in [2.45, 2.75) is 6.61 Å². The highest BCUT2D eigenvalue weighted by molar-refractivity contribution is 9.11. The average molecular weight is 387 g/mol. The van der Waals surface area contributed by atoms with Gasteiger partial charge in [-0.05, 0) is 27.6 Å². The molecule has 0 amide bonds. The van der Waals surface area contributed by atoms with Gasteiger partial charge >= 0.3 is 5.69 Å².